The van der Waals surface area contributed by atoms with Gasteiger partial charge in [0.05, 0.1) is 11.6 Å². The van der Waals surface area contributed by atoms with Gasteiger partial charge < -0.3 is 9.84 Å². The Hall–Kier alpha value is -1.05. The van der Waals surface area contributed by atoms with Gasteiger partial charge in [-0.25, -0.2) is 9.18 Å². The standard InChI is InChI=1S/C15H11Br2FO3S/c1-21-14-10(16)4-2-8(13(14)15(19)20)7-22-12-5-3-9(18)6-11(12)17/h2-6H,7H2,1H3,(H,19,20). The number of halogens is 3. The summed E-state index contributed by atoms with van der Waals surface area (Å²) in [7, 11) is 1.43. The summed E-state index contributed by atoms with van der Waals surface area (Å²) in [5.41, 5.74) is 0.761. The van der Waals surface area contributed by atoms with Crippen molar-refractivity contribution in [2.75, 3.05) is 7.11 Å². The number of ether oxygens (including phenoxy) is 1. The van der Waals surface area contributed by atoms with Crippen LogP contribution in [0.25, 0.3) is 0 Å². The molecule has 0 atom stereocenters. The van der Waals surface area contributed by atoms with Gasteiger partial charge in [-0.15, -0.1) is 11.8 Å². The van der Waals surface area contributed by atoms with Gasteiger partial charge in [-0.1, -0.05) is 6.07 Å². The lowest BCUT2D eigenvalue weighted by atomic mass is 10.1. The fourth-order valence-electron chi connectivity index (χ4n) is 1.90. The summed E-state index contributed by atoms with van der Waals surface area (Å²) < 4.78 is 19.5. The first-order valence-electron chi connectivity index (χ1n) is 6.10. The largest absolute Gasteiger partial charge is 0.495 e. The summed E-state index contributed by atoms with van der Waals surface area (Å²) in [5.74, 6) is -0.654. The molecule has 0 spiro atoms. The molecule has 0 saturated heterocycles. The lowest BCUT2D eigenvalue weighted by Crippen LogP contribution is -2.05. The Balaban J connectivity index is 2.31. The molecule has 0 radical (unpaired) electrons. The van der Waals surface area contributed by atoms with Gasteiger partial charge in [0, 0.05) is 15.1 Å². The summed E-state index contributed by atoms with van der Waals surface area (Å²) in [6.07, 6.45) is 0. The predicted molar refractivity (Wildman–Crippen MR) is 91.3 cm³/mol. The van der Waals surface area contributed by atoms with Gasteiger partial charge in [0.1, 0.15) is 17.1 Å². The van der Waals surface area contributed by atoms with Crippen molar-refractivity contribution in [3.05, 3.63) is 56.2 Å². The molecule has 0 saturated carbocycles. The third-order valence-electron chi connectivity index (χ3n) is 2.89. The Morgan fingerprint density at radius 1 is 1.27 bits per heavy atom. The Bertz CT molecular complexity index is 722. The number of thioether (sulfide) groups is 1. The van der Waals surface area contributed by atoms with Crippen molar-refractivity contribution in [1.29, 1.82) is 0 Å². The number of aromatic carboxylic acids is 1. The van der Waals surface area contributed by atoms with Crippen LogP contribution in [0.2, 0.25) is 0 Å². The number of carboxylic acid groups (broad SMARTS) is 1. The Kier molecular flexibility index (Phi) is 5.88. The summed E-state index contributed by atoms with van der Waals surface area (Å²) in [6, 6.07) is 7.89. The van der Waals surface area contributed by atoms with Crippen LogP contribution in [0.1, 0.15) is 15.9 Å². The van der Waals surface area contributed by atoms with E-state index in [-0.39, 0.29) is 11.4 Å². The van der Waals surface area contributed by atoms with Crippen LogP contribution in [0.5, 0.6) is 5.75 Å². The van der Waals surface area contributed by atoms with Crippen molar-refractivity contribution in [2.45, 2.75) is 10.6 Å². The molecule has 7 heteroatoms. The fraction of sp³-hybridized carbons (Fsp3) is 0.133. The molecule has 0 aliphatic heterocycles. The number of carboxylic acids is 1. The fourth-order valence-corrected chi connectivity index (χ4v) is 4.00. The van der Waals surface area contributed by atoms with Gasteiger partial charge in [-0.05, 0) is 61.7 Å². The topological polar surface area (TPSA) is 46.5 Å². The average molecular weight is 450 g/mol. The van der Waals surface area contributed by atoms with Crippen LogP contribution in [-0.2, 0) is 5.75 Å². The van der Waals surface area contributed by atoms with Crippen molar-refractivity contribution < 1.29 is 19.0 Å². The van der Waals surface area contributed by atoms with E-state index in [2.05, 4.69) is 31.9 Å². The number of rotatable bonds is 5. The van der Waals surface area contributed by atoms with E-state index in [4.69, 9.17) is 4.74 Å². The molecule has 0 heterocycles. The molecule has 0 unspecified atom stereocenters. The normalized spacial score (nSPS) is 10.5. The van der Waals surface area contributed by atoms with E-state index in [0.717, 1.165) is 4.90 Å². The quantitative estimate of drug-likeness (QED) is 0.625. The van der Waals surface area contributed by atoms with Crippen LogP contribution in [0.3, 0.4) is 0 Å². The van der Waals surface area contributed by atoms with Crippen LogP contribution in [-0.4, -0.2) is 18.2 Å². The SMILES string of the molecule is COc1c(Br)ccc(CSc2ccc(F)cc2Br)c1C(=O)O. The molecule has 2 rings (SSSR count). The third kappa shape index (κ3) is 3.83. The molecule has 22 heavy (non-hydrogen) atoms. The van der Waals surface area contributed by atoms with E-state index in [0.29, 0.717) is 26.0 Å². The van der Waals surface area contributed by atoms with E-state index in [1.807, 2.05) is 0 Å². The van der Waals surface area contributed by atoms with Gasteiger partial charge in [0.2, 0.25) is 0 Å². The average Bonchev–Trinajstić information content (AvgIpc) is 2.46. The van der Waals surface area contributed by atoms with E-state index in [1.54, 1.807) is 18.2 Å². The zero-order valence-electron chi connectivity index (χ0n) is 11.4. The molecule has 0 fully saturated rings. The van der Waals surface area contributed by atoms with Crippen molar-refractivity contribution in [1.82, 2.24) is 0 Å². The lowest BCUT2D eigenvalue weighted by molar-refractivity contribution is 0.0692. The second-order valence-corrected chi connectivity index (χ2v) is 7.01. The molecular formula is C15H11Br2FO3S. The predicted octanol–water partition coefficient (Wildman–Crippen LogP) is 5.35. The monoisotopic (exact) mass is 448 g/mol. The maximum Gasteiger partial charge on any atom is 0.339 e. The first kappa shape index (κ1) is 17.3. The van der Waals surface area contributed by atoms with Crippen LogP contribution in [0, 0.1) is 5.82 Å². The second-order valence-electron chi connectivity index (χ2n) is 4.28. The molecule has 3 nitrogen and oxygen atoms in total. The molecule has 0 amide bonds. The third-order valence-corrected chi connectivity index (χ3v) is 5.56. The van der Waals surface area contributed by atoms with Crippen LogP contribution >= 0.6 is 43.6 Å². The Labute approximate surface area is 148 Å². The minimum Gasteiger partial charge on any atom is -0.495 e. The summed E-state index contributed by atoms with van der Waals surface area (Å²) in [6.45, 7) is 0. The first-order valence-corrected chi connectivity index (χ1v) is 8.67. The van der Waals surface area contributed by atoms with Gasteiger partial charge in [0.25, 0.3) is 0 Å². The zero-order chi connectivity index (χ0) is 16.3. The van der Waals surface area contributed by atoms with Crippen molar-refractivity contribution in [3.63, 3.8) is 0 Å². The van der Waals surface area contributed by atoms with Crippen LogP contribution in [0.15, 0.2) is 44.2 Å². The number of hydrogen-bond donors (Lipinski definition) is 1. The molecule has 0 aliphatic carbocycles. The summed E-state index contributed by atoms with van der Waals surface area (Å²) in [5, 5.41) is 9.42. The zero-order valence-corrected chi connectivity index (χ0v) is 15.4. The van der Waals surface area contributed by atoms with Crippen molar-refractivity contribution in [3.8, 4) is 5.75 Å². The highest BCUT2D eigenvalue weighted by molar-refractivity contribution is 9.10. The Morgan fingerprint density at radius 2 is 2.00 bits per heavy atom. The van der Waals surface area contributed by atoms with Crippen LogP contribution < -0.4 is 4.74 Å². The Morgan fingerprint density at radius 3 is 2.59 bits per heavy atom. The van der Waals surface area contributed by atoms with E-state index in [9.17, 15) is 14.3 Å². The smallest absolute Gasteiger partial charge is 0.339 e. The maximum atomic E-state index is 13.1. The second kappa shape index (κ2) is 7.48. The molecule has 2 aromatic rings. The molecule has 0 bridgehead atoms. The van der Waals surface area contributed by atoms with E-state index in [1.165, 1.54) is 31.0 Å². The summed E-state index contributed by atoms with van der Waals surface area (Å²) >= 11 is 8.00. The minimum atomic E-state index is -1.05. The highest BCUT2D eigenvalue weighted by atomic mass is 79.9. The maximum absolute atomic E-state index is 13.1. The molecule has 2 aromatic carbocycles. The van der Waals surface area contributed by atoms with Gasteiger partial charge in [-0.2, -0.15) is 0 Å². The van der Waals surface area contributed by atoms with Crippen molar-refractivity contribution in [2.24, 2.45) is 0 Å². The number of hydrogen-bond acceptors (Lipinski definition) is 3. The molecule has 0 aliphatic rings. The van der Waals surface area contributed by atoms with Gasteiger partial charge in [0.15, 0.2) is 0 Å². The highest BCUT2D eigenvalue weighted by Crippen LogP contribution is 2.36. The number of benzene rings is 2. The molecule has 0 aromatic heterocycles. The molecular weight excluding hydrogens is 439 g/mol. The highest BCUT2D eigenvalue weighted by Gasteiger charge is 2.19. The first-order chi connectivity index (χ1) is 10.4. The van der Waals surface area contributed by atoms with Gasteiger partial charge >= 0.3 is 5.97 Å². The summed E-state index contributed by atoms with van der Waals surface area (Å²) in [4.78, 5) is 12.3. The van der Waals surface area contributed by atoms with E-state index < -0.39 is 5.97 Å². The lowest BCUT2D eigenvalue weighted by Gasteiger charge is -2.12. The van der Waals surface area contributed by atoms with Crippen LogP contribution in [0.4, 0.5) is 4.39 Å². The van der Waals surface area contributed by atoms with E-state index >= 15 is 0 Å². The van der Waals surface area contributed by atoms with Gasteiger partial charge in [-0.3, -0.25) is 0 Å². The minimum absolute atomic E-state index is 0.127. The van der Waals surface area contributed by atoms with Crippen molar-refractivity contribution >= 4 is 49.6 Å². The molecule has 116 valence electrons. The molecule has 1 N–H and O–H groups in total. The number of methoxy groups -OCH3 is 1. The number of carbonyl (C=O) groups is 1.